The van der Waals surface area contributed by atoms with E-state index in [1.165, 1.54) is 37.6 Å². The van der Waals surface area contributed by atoms with E-state index in [1.54, 1.807) is 24.3 Å². The van der Waals surface area contributed by atoms with Gasteiger partial charge in [0.2, 0.25) is 0 Å². The highest BCUT2D eigenvalue weighted by Gasteiger charge is 2.50. The van der Waals surface area contributed by atoms with Crippen molar-refractivity contribution in [3.05, 3.63) is 65.7 Å². The maximum atomic E-state index is 13.4. The van der Waals surface area contributed by atoms with Crippen molar-refractivity contribution in [3.8, 4) is 17.0 Å². The summed E-state index contributed by atoms with van der Waals surface area (Å²) in [6.07, 6.45) is -0.185. The minimum atomic E-state index is -2.81. The van der Waals surface area contributed by atoms with Crippen molar-refractivity contribution in [1.29, 1.82) is 0 Å². The first-order chi connectivity index (χ1) is 14.4. The molecule has 1 amide bonds. The van der Waals surface area contributed by atoms with Crippen LogP contribution >= 0.6 is 0 Å². The molecule has 3 heterocycles. The van der Waals surface area contributed by atoms with Crippen LogP contribution in [-0.2, 0) is 10.3 Å². The standard InChI is InChI=1S/C20H17F2N5O3/c1-27-18(28)20(25-19(27)23,12-3-5-24-16(10-12)17(21)22)13-7-11(8-14(9-13)29-2)15-4-6-30-26-15/h3-10,17H,1-2H3,(H2,23,25). The molecule has 2 aromatic heterocycles. The maximum absolute atomic E-state index is 13.4. The average Bonchev–Trinajstić information content (AvgIpc) is 3.37. The van der Waals surface area contributed by atoms with Crippen LogP contribution in [0.25, 0.3) is 11.3 Å². The Morgan fingerprint density at radius 3 is 2.60 bits per heavy atom. The number of alkyl halides is 2. The Balaban J connectivity index is 2.01. The highest BCUT2D eigenvalue weighted by Crippen LogP contribution is 2.42. The minimum absolute atomic E-state index is 0.0405. The molecule has 4 rings (SSSR count). The zero-order valence-electron chi connectivity index (χ0n) is 16.0. The number of likely N-dealkylation sites (N-methyl/N-ethyl adjacent to an activating group) is 1. The third-order valence-corrected chi connectivity index (χ3v) is 4.96. The number of pyridine rings is 1. The third-order valence-electron chi connectivity index (χ3n) is 4.96. The Hall–Kier alpha value is -3.82. The molecule has 0 saturated carbocycles. The van der Waals surface area contributed by atoms with Crippen LogP contribution in [0.5, 0.6) is 5.75 Å². The highest BCUT2D eigenvalue weighted by atomic mass is 19.3. The molecule has 2 N–H and O–H groups in total. The van der Waals surface area contributed by atoms with E-state index in [4.69, 9.17) is 15.0 Å². The molecule has 0 bridgehead atoms. The van der Waals surface area contributed by atoms with E-state index >= 15 is 0 Å². The Labute approximate surface area is 170 Å². The van der Waals surface area contributed by atoms with Gasteiger partial charge in [-0.2, -0.15) is 0 Å². The molecule has 3 aromatic rings. The summed E-state index contributed by atoms with van der Waals surface area (Å²) in [5.74, 6) is -0.115. The van der Waals surface area contributed by atoms with Crippen LogP contribution in [0.15, 0.2) is 58.4 Å². The maximum Gasteiger partial charge on any atom is 0.280 e. The van der Waals surface area contributed by atoms with E-state index in [1.807, 2.05) is 0 Å². The number of halogens is 2. The molecular weight excluding hydrogens is 396 g/mol. The van der Waals surface area contributed by atoms with Gasteiger partial charge in [-0.1, -0.05) is 5.16 Å². The molecule has 0 aliphatic carbocycles. The number of hydrogen-bond acceptors (Lipinski definition) is 7. The SMILES string of the molecule is COc1cc(-c2ccon2)cc(C2(c3ccnc(C(F)F)c3)N=C(N)N(C)C2=O)c1. The van der Waals surface area contributed by atoms with E-state index in [0.717, 1.165) is 6.07 Å². The average molecular weight is 413 g/mol. The summed E-state index contributed by atoms with van der Waals surface area (Å²) in [6, 6.07) is 9.27. The summed E-state index contributed by atoms with van der Waals surface area (Å²) in [4.78, 5) is 22.7. The molecule has 154 valence electrons. The highest BCUT2D eigenvalue weighted by molar-refractivity contribution is 6.09. The summed E-state index contributed by atoms with van der Waals surface area (Å²) in [6.45, 7) is 0. The first-order valence-electron chi connectivity index (χ1n) is 8.85. The van der Waals surface area contributed by atoms with Gasteiger partial charge in [0.25, 0.3) is 12.3 Å². The van der Waals surface area contributed by atoms with Gasteiger partial charge >= 0.3 is 0 Å². The normalized spacial score (nSPS) is 18.8. The summed E-state index contributed by atoms with van der Waals surface area (Å²) in [5, 5.41) is 3.92. The van der Waals surface area contributed by atoms with Crippen molar-refractivity contribution in [1.82, 2.24) is 15.0 Å². The van der Waals surface area contributed by atoms with Gasteiger partial charge in [0.15, 0.2) is 11.5 Å². The fourth-order valence-electron chi connectivity index (χ4n) is 3.41. The van der Waals surface area contributed by atoms with Crippen LogP contribution in [0.3, 0.4) is 0 Å². The fourth-order valence-corrected chi connectivity index (χ4v) is 3.41. The van der Waals surface area contributed by atoms with E-state index in [9.17, 15) is 13.6 Å². The molecule has 1 unspecified atom stereocenters. The van der Waals surface area contributed by atoms with E-state index in [2.05, 4.69) is 15.1 Å². The Morgan fingerprint density at radius 2 is 2.00 bits per heavy atom. The number of rotatable bonds is 5. The number of nitrogens with two attached hydrogens (primary N) is 1. The Bertz CT molecular complexity index is 1130. The third kappa shape index (κ3) is 2.97. The Morgan fingerprint density at radius 1 is 1.20 bits per heavy atom. The minimum Gasteiger partial charge on any atom is -0.497 e. The molecule has 0 spiro atoms. The lowest BCUT2D eigenvalue weighted by Crippen LogP contribution is -2.41. The zero-order valence-corrected chi connectivity index (χ0v) is 16.0. The lowest BCUT2D eigenvalue weighted by Gasteiger charge is -2.27. The molecular formula is C20H17F2N5O3. The number of carbonyl (C=O) groups is 1. The van der Waals surface area contributed by atoms with Crippen LogP contribution in [-0.4, -0.2) is 41.1 Å². The molecule has 1 aliphatic heterocycles. The van der Waals surface area contributed by atoms with Crippen molar-refractivity contribution < 1.29 is 22.8 Å². The molecule has 0 saturated heterocycles. The van der Waals surface area contributed by atoms with Gasteiger partial charge < -0.3 is 15.0 Å². The number of guanidine groups is 1. The number of aliphatic imine (C=N–C) groups is 1. The number of ether oxygens (including phenoxy) is 1. The van der Waals surface area contributed by atoms with Gasteiger partial charge in [-0.3, -0.25) is 14.7 Å². The quantitative estimate of drug-likeness (QED) is 0.689. The van der Waals surface area contributed by atoms with E-state index in [-0.39, 0.29) is 11.5 Å². The second-order valence-corrected chi connectivity index (χ2v) is 6.65. The Kier molecular flexibility index (Phi) is 4.69. The number of aromatic nitrogens is 2. The summed E-state index contributed by atoms with van der Waals surface area (Å²) >= 11 is 0. The molecule has 10 heteroatoms. The molecule has 1 aliphatic rings. The lowest BCUT2D eigenvalue weighted by molar-refractivity contribution is -0.129. The van der Waals surface area contributed by atoms with Crippen molar-refractivity contribution in [2.75, 3.05) is 14.2 Å². The van der Waals surface area contributed by atoms with Crippen molar-refractivity contribution in [3.63, 3.8) is 0 Å². The monoisotopic (exact) mass is 413 g/mol. The van der Waals surface area contributed by atoms with Gasteiger partial charge in [0, 0.05) is 24.9 Å². The number of benzene rings is 1. The molecule has 8 nitrogen and oxygen atoms in total. The predicted molar refractivity (Wildman–Crippen MR) is 103 cm³/mol. The molecule has 0 radical (unpaired) electrons. The number of amides is 1. The topological polar surface area (TPSA) is 107 Å². The van der Waals surface area contributed by atoms with Gasteiger partial charge in [-0.05, 0) is 41.5 Å². The van der Waals surface area contributed by atoms with Gasteiger partial charge in [-0.15, -0.1) is 0 Å². The number of hydrogen-bond donors (Lipinski definition) is 1. The van der Waals surface area contributed by atoms with Crippen molar-refractivity contribution in [2.45, 2.75) is 12.0 Å². The van der Waals surface area contributed by atoms with E-state index < -0.39 is 23.6 Å². The van der Waals surface area contributed by atoms with Crippen LogP contribution in [0.1, 0.15) is 23.2 Å². The van der Waals surface area contributed by atoms with Crippen molar-refractivity contribution in [2.24, 2.45) is 10.7 Å². The largest absolute Gasteiger partial charge is 0.497 e. The summed E-state index contributed by atoms with van der Waals surface area (Å²) in [7, 11) is 2.94. The van der Waals surface area contributed by atoms with Crippen LogP contribution in [0.4, 0.5) is 8.78 Å². The lowest BCUT2D eigenvalue weighted by atomic mass is 9.82. The first kappa shape index (κ1) is 19.5. The predicted octanol–water partition coefficient (Wildman–Crippen LogP) is 2.71. The number of methoxy groups -OCH3 is 1. The molecule has 30 heavy (non-hydrogen) atoms. The van der Waals surface area contributed by atoms with Crippen LogP contribution in [0.2, 0.25) is 0 Å². The summed E-state index contributed by atoms with van der Waals surface area (Å²) < 4.78 is 36.9. The van der Waals surface area contributed by atoms with Gasteiger partial charge in [0.05, 0.1) is 7.11 Å². The van der Waals surface area contributed by atoms with Crippen LogP contribution in [0, 0.1) is 0 Å². The molecule has 0 fully saturated rings. The number of carbonyl (C=O) groups excluding carboxylic acids is 1. The van der Waals surface area contributed by atoms with Crippen molar-refractivity contribution >= 4 is 11.9 Å². The van der Waals surface area contributed by atoms with Gasteiger partial charge in [-0.25, -0.2) is 13.8 Å². The van der Waals surface area contributed by atoms with E-state index in [0.29, 0.717) is 22.6 Å². The second-order valence-electron chi connectivity index (χ2n) is 6.65. The zero-order chi connectivity index (χ0) is 21.5. The molecule has 1 aromatic carbocycles. The first-order valence-corrected chi connectivity index (χ1v) is 8.85. The fraction of sp³-hybridized carbons (Fsp3) is 0.200. The summed E-state index contributed by atoms with van der Waals surface area (Å²) in [5.41, 5.74) is 5.49. The number of nitrogens with zero attached hydrogens (tertiary/aromatic N) is 4. The van der Waals surface area contributed by atoms with Crippen LogP contribution < -0.4 is 10.5 Å². The van der Waals surface area contributed by atoms with Gasteiger partial charge in [0.1, 0.15) is 23.4 Å². The molecule has 1 atom stereocenters. The second kappa shape index (κ2) is 7.21. The smallest absolute Gasteiger partial charge is 0.280 e.